The SMILES string of the molecule is OC(CCl)C(O)c1ccc(C(F)(F)F)cc1. The summed E-state index contributed by atoms with van der Waals surface area (Å²) < 4.78 is 36.6. The standard InChI is InChI=1S/C10H10ClF3O2/c11-5-8(15)9(16)6-1-3-7(4-2-6)10(12,13)14/h1-4,8-9,15-16H,5H2. The number of alkyl halides is 4. The van der Waals surface area contributed by atoms with Gasteiger partial charge in [-0.25, -0.2) is 0 Å². The van der Waals surface area contributed by atoms with Crippen molar-refractivity contribution >= 4 is 11.6 Å². The molecule has 1 rings (SSSR count). The second-order valence-electron chi connectivity index (χ2n) is 3.29. The Kier molecular flexibility index (Phi) is 4.18. The molecular formula is C10H10ClF3O2. The molecule has 1 aromatic rings. The van der Waals surface area contributed by atoms with Crippen LogP contribution in [0.1, 0.15) is 17.2 Å². The van der Waals surface area contributed by atoms with E-state index < -0.39 is 23.9 Å². The summed E-state index contributed by atoms with van der Waals surface area (Å²) in [5.41, 5.74) is -0.607. The number of aliphatic hydroxyl groups is 2. The summed E-state index contributed by atoms with van der Waals surface area (Å²) in [5.74, 6) is -0.192. The van der Waals surface area contributed by atoms with Crippen molar-refractivity contribution in [3.05, 3.63) is 35.4 Å². The van der Waals surface area contributed by atoms with Crippen molar-refractivity contribution in [1.29, 1.82) is 0 Å². The number of rotatable bonds is 3. The summed E-state index contributed by atoms with van der Waals surface area (Å²) >= 11 is 5.31. The Morgan fingerprint density at radius 3 is 2.00 bits per heavy atom. The maximum Gasteiger partial charge on any atom is 0.416 e. The van der Waals surface area contributed by atoms with Gasteiger partial charge in [0.1, 0.15) is 6.10 Å². The molecule has 0 aliphatic rings. The lowest BCUT2D eigenvalue weighted by Crippen LogP contribution is -2.19. The van der Waals surface area contributed by atoms with Crippen LogP contribution >= 0.6 is 11.6 Å². The van der Waals surface area contributed by atoms with E-state index in [1.807, 2.05) is 0 Å². The first-order chi connectivity index (χ1) is 7.36. The molecule has 0 aromatic heterocycles. The summed E-state index contributed by atoms with van der Waals surface area (Å²) in [6.07, 6.45) is -6.88. The lowest BCUT2D eigenvalue weighted by Gasteiger charge is -2.16. The fourth-order valence-corrected chi connectivity index (χ4v) is 1.34. The molecule has 2 nitrogen and oxygen atoms in total. The van der Waals surface area contributed by atoms with Gasteiger partial charge in [-0.15, -0.1) is 11.6 Å². The van der Waals surface area contributed by atoms with Crippen molar-refractivity contribution < 1.29 is 23.4 Å². The average molecular weight is 255 g/mol. The highest BCUT2D eigenvalue weighted by Gasteiger charge is 2.30. The molecule has 0 bridgehead atoms. The fourth-order valence-electron chi connectivity index (χ4n) is 1.18. The van der Waals surface area contributed by atoms with E-state index in [0.29, 0.717) is 0 Å². The van der Waals surface area contributed by atoms with Crippen molar-refractivity contribution in [2.75, 3.05) is 5.88 Å². The van der Waals surface area contributed by atoms with Gasteiger partial charge in [0.25, 0.3) is 0 Å². The predicted octanol–water partition coefficient (Wildman–Crippen LogP) is 2.34. The lowest BCUT2D eigenvalue weighted by molar-refractivity contribution is -0.137. The second-order valence-corrected chi connectivity index (χ2v) is 3.59. The molecule has 0 amide bonds. The summed E-state index contributed by atoms with van der Waals surface area (Å²) in [7, 11) is 0. The molecule has 0 aliphatic carbocycles. The van der Waals surface area contributed by atoms with Gasteiger partial charge in [-0.1, -0.05) is 12.1 Å². The van der Waals surface area contributed by atoms with E-state index in [4.69, 9.17) is 11.6 Å². The summed E-state index contributed by atoms with van der Waals surface area (Å²) in [4.78, 5) is 0. The minimum atomic E-state index is -4.41. The van der Waals surface area contributed by atoms with Crippen LogP contribution in [0.4, 0.5) is 13.2 Å². The van der Waals surface area contributed by atoms with Gasteiger partial charge >= 0.3 is 6.18 Å². The number of hydrogen-bond acceptors (Lipinski definition) is 2. The van der Waals surface area contributed by atoms with Crippen LogP contribution in [0.25, 0.3) is 0 Å². The van der Waals surface area contributed by atoms with Crippen molar-refractivity contribution in [3.8, 4) is 0 Å². The molecule has 0 spiro atoms. The normalized spacial score (nSPS) is 15.9. The second kappa shape index (κ2) is 5.03. The van der Waals surface area contributed by atoms with Crippen molar-refractivity contribution in [2.45, 2.75) is 18.4 Å². The Hall–Kier alpha value is -0.780. The quantitative estimate of drug-likeness (QED) is 0.813. The molecule has 1 aromatic carbocycles. The molecule has 0 aliphatic heterocycles. The van der Waals surface area contributed by atoms with Crippen LogP contribution in [0.2, 0.25) is 0 Å². The number of benzene rings is 1. The van der Waals surface area contributed by atoms with E-state index in [1.165, 1.54) is 0 Å². The maximum absolute atomic E-state index is 12.2. The fraction of sp³-hybridized carbons (Fsp3) is 0.400. The van der Waals surface area contributed by atoms with Gasteiger partial charge < -0.3 is 10.2 Å². The zero-order valence-electron chi connectivity index (χ0n) is 8.08. The Bertz CT molecular complexity index is 337. The average Bonchev–Trinajstić information content (AvgIpc) is 2.26. The highest BCUT2D eigenvalue weighted by molar-refractivity contribution is 6.18. The topological polar surface area (TPSA) is 40.5 Å². The van der Waals surface area contributed by atoms with Crippen LogP contribution in [-0.2, 0) is 6.18 Å². The third-order valence-electron chi connectivity index (χ3n) is 2.10. The molecule has 2 N–H and O–H groups in total. The van der Waals surface area contributed by atoms with Gasteiger partial charge in [0.2, 0.25) is 0 Å². The minimum absolute atomic E-state index is 0.192. The van der Waals surface area contributed by atoms with Crippen LogP contribution in [0.5, 0.6) is 0 Å². The molecule has 0 fully saturated rings. The van der Waals surface area contributed by atoms with Gasteiger partial charge in [-0.2, -0.15) is 13.2 Å². The third kappa shape index (κ3) is 3.10. The summed E-state index contributed by atoms with van der Waals surface area (Å²) in [6.45, 7) is 0. The number of aliphatic hydroxyl groups excluding tert-OH is 2. The van der Waals surface area contributed by atoms with Crippen molar-refractivity contribution in [1.82, 2.24) is 0 Å². The molecule has 16 heavy (non-hydrogen) atoms. The molecule has 2 unspecified atom stereocenters. The smallest absolute Gasteiger partial charge is 0.389 e. The molecule has 0 heterocycles. The van der Waals surface area contributed by atoms with Gasteiger partial charge in [0.05, 0.1) is 17.5 Å². The molecule has 2 atom stereocenters. The van der Waals surface area contributed by atoms with E-state index in [9.17, 15) is 23.4 Å². The van der Waals surface area contributed by atoms with Gasteiger partial charge in [0.15, 0.2) is 0 Å². The van der Waals surface area contributed by atoms with E-state index in [0.717, 1.165) is 24.3 Å². The van der Waals surface area contributed by atoms with Crippen molar-refractivity contribution in [3.63, 3.8) is 0 Å². The highest BCUT2D eigenvalue weighted by Crippen LogP contribution is 2.30. The van der Waals surface area contributed by atoms with Crippen LogP contribution in [0.15, 0.2) is 24.3 Å². The zero-order valence-corrected chi connectivity index (χ0v) is 8.83. The largest absolute Gasteiger partial charge is 0.416 e. The van der Waals surface area contributed by atoms with Crippen LogP contribution in [0.3, 0.4) is 0 Å². The zero-order chi connectivity index (χ0) is 12.3. The predicted molar refractivity (Wildman–Crippen MR) is 53.1 cm³/mol. The van der Waals surface area contributed by atoms with Gasteiger partial charge in [-0.3, -0.25) is 0 Å². The summed E-state index contributed by atoms with van der Waals surface area (Å²) in [5, 5.41) is 18.7. The van der Waals surface area contributed by atoms with E-state index >= 15 is 0 Å². The molecule has 0 saturated heterocycles. The Labute approximate surface area is 95.3 Å². The Morgan fingerprint density at radius 1 is 1.12 bits per heavy atom. The number of hydrogen-bond donors (Lipinski definition) is 2. The minimum Gasteiger partial charge on any atom is -0.389 e. The van der Waals surface area contributed by atoms with E-state index in [2.05, 4.69) is 0 Å². The first-order valence-electron chi connectivity index (χ1n) is 4.45. The van der Waals surface area contributed by atoms with Crippen LogP contribution in [0, 0.1) is 0 Å². The molecule has 6 heteroatoms. The monoisotopic (exact) mass is 254 g/mol. The van der Waals surface area contributed by atoms with E-state index in [1.54, 1.807) is 0 Å². The van der Waals surface area contributed by atoms with Crippen molar-refractivity contribution in [2.24, 2.45) is 0 Å². The molecule has 0 saturated carbocycles. The highest BCUT2D eigenvalue weighted by atomic mass is 35.5. The van der Waals surface area contributed by atoms with E-state index in [-0.39, 0.29) is 11.4 Å². The maximum atomic E-state index is 12.2. The number of halogens is 4. The van der Waals surface area contributed by atoms with Gasteiger partial charge in [-0.05, 0) is 17.7 Å². The van der Waals surface area contributed by atoms with Crippen LogP contribution in [-0.4, -0.2) is 22.2 Å². The molecule has 0 radical (unpaired) electrons. The lowest BCUT2D eigenvalue weighted by atomic mass is 10.0. The van der Waals surface area contributed by atoms with Gasteiger partial charge in [0, 0.05) is 0 Å². The van der Waals surface area contributed by atoms with Crippen LogP contribution < -0.4 is 0 Å². The Morgan fingerprint density at radius 2 is 1.62 bits per heavy atom. The first-order valence-corrected chi connectivity index (χ1v) is 4.99. The summed E-state index contributed by atoms with van der Waals surface area (Å²) in [6, 6.07) is 3.92. The molecule has 90 valence electrons. The first kappa shape index (κ1) is 13.3. The molecular weight excluding hydrogens is 245 g/mol. The Balaban J connectivity index is 2.87. The third-order valence-corrected chi connectivity index (χ3v) is 2.42.